The average Bonchev–Trinajstić information content (AvgIpc) is 2.78. The van der Waals surface area contributed by atoms with Crippen molar-refractivity contribution in [2.45, 2.75) is 32.5 Å². The summed E-state index contributed by atoms with van der Waals surface area (Å²) >= 11 is 0. The Balaban J connectivity index is 1.50. The van der Waals surface area contributed by atoms with Crippen molar-refractivity contribution in [2.75, 3.05) is 31.1 Å². The van der Waals surface area contributed by atoms with Crippen LogP contribution >= 0.6 is 0 Å². The quantitative estimate of drug-likeness (QED) is 0.673. The monoisotopic (exact) mass is 396 g/mol. The Morgan fingerprint density at radius 1 is 0.931 bits per heavy atom. The highest BCUT2D eigenvalue weighted by Crippen LogP contribution is 2.17. The van der Waals surface area contributed by atoms with Crippen LogP contribution in [0.15, 0.2) is 60.7 Å². The number of piperazine rings is 1. The Kier molecular flexibility index (Phi) is 7.11. The van der Waals surface area contributed by atoms with E-state index < -0.39 is 18.2 Å². The summed E-state index contributed by atoms with van der Waals surface area (Å²) in [5, 5.41) is 0. The first-order valence-electron chi connectivity index (χ1n) is 10.1. The van der Waals surface area contributed by atoms with Gasteiger partial charge in [-0.3, -0.25) is 4.79 Å². The van der Waals surface area contributed by atoms with Crippen LogP contribution in [0.1, 0.15) is 20.3 Å². The van der Waals surface area contributed by atoms with E-state index in [0.717, 1.165) is 18.8 Å². The highest BCUT2D eigenvalue weighted by atomic mass is 16.6. The molecule has 0 aliphatic carbocycles. The predicted molar refractivity (Wildman–Crippen MR) is 112 cm³/mol. The van der Waals surface area contributed by atoms with Crippen LogP contribution in [0.2, 0.25) is 0 Å². The molecule has 0 bridgehead atoms. The summed E-state index contributed by atoms with van der Waals surface area (Å²) in [7, 11) is 0. The summed E-state index contributed by atoms with van der Waals surface area (Å²) in [6, 6.07) is 19.3. The van der Waals surface area contributed by atoms with Crippen molar-refractivity contribution in [3.8, 4) is 5.75 Å². The molecule has 0 N–H and O–H groups in total. The van der Waals surface area contributed by atoms with Crippen LogP contribution in [-0.4, -0.2) is 55.2 Å². The molecule has 6 heteroatoms. The van der Waals surface area contributed by atoms with Crippen LogP contribution in [0.3, 0.4) is 0 Å². The number of esters is 1. The highest BCUT2D eigenvalue weighted by molar-refractivity contribution is 5.85. The van der Waals surface area contributed by atoms with Gasteiger partial charge in [0.25, 0.3) is 5.91 Å². The summed E-state index contributed by atoms with van der Waals surface area (Å²) in [5.41, 5.74) is 1.16. The third-order valence-corrected chi connectivity index (χ3v) is 5.01. The Morgan fingerprint density at radius 3 is 2.10 bits per heavy atom. The lowest BCUT2D eigenvalue weighted by molar-refractivity contribution is -0.165. The van der Waals surface area contributed by atoms with E-state index in [1.165, 1.54) is 0 Å². The molecule has 3 rings (SSSR count). The van der Waals surface area contributed by atoms with E-state index in [1.54, 1.807) is 24.0 Å². The third kappa shape index (κ3) is 5.50. The number of hydrogen-bond donors (Lipinski definition) is 0. The van der Waals surface area contributed by atoms with Gasteiger partial charge >= 0.3 is 5.97 Å². The minimum atomic E-state index is -0.834. The Hall–Kier alpha value is -3.02. The van der Waals surface area contributed by atoms with Crippen molar-refractivity contribution in [3.05, 3.63) is 60.7 Å². The van der Waals surface area contributed by atoms with Gasteiger partial charge in [0.2, 0.25) is 0 Å². The fourth-order valence-corrected chi connectivity index (χ4v) is 3.34. The number of carbonyl (C=O) groups excluding carboxylic acids is 2. The van der Waals surface area contributed by atoms with Gasteiger partial charge in [-0.25, -0.2) is 4.79 Å². The first-order valence-corrected chi connectivity index (χ1v) is 10.1. The molecule has 1 fully saturated rings. The molecule has 0 unspecified atom stereocenters. The van der Waals surface area contributed by atoms with E-state index >= 15 is 0 Å². The zero-order valence-corrected chi connectivity index (χ0v) is 17.0. The Morgan fingerprint density at radius 2 is 1.52 bits per heavy atom. The second kappa shape index (κ2) is 9.96. The van der Waals surface area contributed by atoms with E-state index in [-0.39, 0.29) is 5.91 Å². The Labute approximate surface area is 172 Å². The first kappa shape index (κ1) is 20.7. The van der Waals surface area contributed by atoms with Crippen LogP contribution in [0.4, 0.5) is 5.69 Å². The predicted octanol–water partition coefficient (Wildman–Crippen LogP) is 3.12. The van der Waals surface area contributed by atoms with E-state index in [1.807, 2.05) is 43.3 Å². The minimum Gasteiger partial charge on any atom is -0.479 e. The van der Waals surface area contributed by atoms with Crippen molar-refractivity contribution in [2.24, 2.45) is 0 Å². The first-order chi connectivity index (χ1) is 14.1. The van der Waals surface area contributed by atoms with Crippen molar-refractivity contribution in [1.82, 2.24) is 4.90 Å². The van der Waals surface area contributed by atoms with Gasteiger partial charge in [0, 0.05) is 31.9 Å². The number of ether oxygens (including phenoxy) is 2. The molecule has 0 saturated carbocycles. The van der Waals surface area contributed by atoms with Gasteiger partial charge in [-0.05, 0) is 37.6 Å². The summed E-state index contributed by atoms with van der Waals surface area (Å²) in [6.45, 7) is 6.19. The maximum Gasteiger partial charge on any atom is 0.348 e. The molecule has 2 aromatic carbocycles. The molecule has 1 saturated heterocycles. The number of amides is 1. The maximum atomic E-state index is 12.7. The maximum absolute atomic E-state index is 12.7. The molecular weight excluding hydrogens is 368 g/mol. The van der Waals surface area contributed by atoms with E-state index in [9.17, 15) is 9.59 Å². The van der Waals surface area contributed by atoms with Crippen LogP contribution < -0.4 is 9.64 Å². The lowest BCUT2D eigenvalue weighted by Crippen LogP contribution is -2.52. The SMILES string of the molecule is CC[C@@H](Oc1ccccc1)C(=O)O[C@@H](C)C(=O)N1CCN(c2ccccc2)CC1. The second-order valence-electron chi connectivity index (χ2n) is 7.05. The molecule has 6 nitrogen and oxygen atoms in total. The summed E-state index contributed by atoms with van der Waals surface area (Å²) in [4.78, 5) is 29.2. The lowest BCUT2D eigenvalue weighted by Gasteiger charge is -2.37. The molecule has 1 heterocycles. The smallest absolute Gasteiger partial charge is 0.348 e. The van der Waals surface area contributed by atoms with Crippen molar-refractivity contribution < 1.29 is 19.1 Å². The number of benzene rings is 2. The number of nitrogens with zero attached hydrogens (tertiary/aromatic N) is 2. The van der Waals surface area contributed by atoms with Gasteiger partial charge in [0.05, 0.1) is 0 Å². The molecule has 0 radical (unpaired) electrons. The number of para-hydroxylation sites is 2. The molecule has 29 heavy (non-hydrogen) atoms. The molecule has 2 aromatic rings. The van der Waals surface area contributed by atoms with Crippen LogP contribution in [-0.2, 0) is 14.3 Å². The molecule has 1 aliphatic heterocycles. The van der Waals surface area contributed by atoms with Gasteiger partial charge in [-0.1, -0.05) is 43.3 Å². The van der Waals surface area contributed by atoms with E-state index in [2.05, 4.69) is 17.0 Å². The molecular formula is C23H28N2O4. The third-order valence-electron chi connectivity index (χ3n) is 5.01. The summed E-state index contributed by atoms with van der Waals surface area (Å²) in [6.07, 6.45) is -1.11. The topological polar surface area (TPSA) is 59.1 Å². The van der Waals surface area contributed by atoms with Crippen LogP contribution in [0.25, 0.3) is 0 Å². The fraction of sp³-hybridized carbons (Fsp3) is 0.391. The molecule has 0 spiro atoms. The van der Waals surface area contributed by atoms with E-state index in [0.29, 0.717) is 25.3 Å². The minimum absolute atomic E-state index is 0.166. The molecule has 2 atom stereocenters. The van der Waals surface area contributed by atoms with Crippen molar-refractivity contribution >= 4 is 17.6 Å². The number of anilines is 1. The average molecular weight is 396 g/mol. The fourth-order valence-electron chi connectivity index (χ4n) is 3.34. The standard InChI is InChI=1S/C23H28N2O4/c1-3-21(29-20-12-8-5-9-13-20)23(27)28-18(2)22(26)25-16-14-24(15-17-25)19-10-6-4-7-11-19/h4-13,18,21H,3,14-17H2,1-2H3/t18-,21+/m0/s1. The van der Waals surface area contributed by atoms with Crippen LogP contribution in [0, 0.1) is 0 Å². The van der Waals surface area contributed by atoms with Crippen LogP contribution in [0.5, 0.6) is 5.75 Å². The Bertz CT molecular complexity index is 789. The zero-order chi connectivity index (χ0) is 20.6. The number of rotatable bonds is 7. The normalized spacial score (nSPS) is 16.1. The summed E-state index contributed by atoms with van der Waals surface area (Å²) in [5.74, 6) is -0.0759. The van der Waals surface area contributed by atoms with Crippen molar-refractivity contribution in [3.63, 3.8) is 0 Å². The van der Waals surface area contributed by atoms with E-state index in [4.69, 9.17) is 9.47 Å². The number of carbonyl (C=O) groups is 2. The second-order valence-corrected chi connectivity index (χ2v) is 7.05. The van der Waals surface area contributed by atoms with Gasteiger partial charge in [-0.2, -0.15) is 0 Å². The van der Waals surface area contributed by atoms with Crippen molar-refractivity contribution in [1.29, 1.82) is 0 Å². The molecule has 0 aromatic heterocycles. The lowest BCUT2D eigenvalue weighted by atomic mass is 10.2. The molecule has 1 aliphatic rings. The molecule has 1 amide bonds. The summed E-state index contributed by atoms with van der Waals surface area (Å²) < 4.78 is 11.1. The van der Waals surface area contributed by atoms with Gasteiger partial charge in [-0.15, -0.1) is 0 Å². The largest absolute Gasteiger partial charge is 0.479 e. The number of hydrogen-bond acceptors (Lipinski definition) is 5. The molecule has 154 valence electrons. The highest BCUT2D eigenvalue weighted by Gasteiger charge is 2.30. The van der Waals surface area contributed by atoms with Gasteiger partial charge in [0.1, 0.15) is 5.75 Å². The van der Waals surface area contributed by atoms with Gasteiger partial charge < -0.3 is 19.3 Å². The van der Waals surface area contributed by atoms with Gasteiger partial charge in [0.15, 0.2) is 12.2 Å². The zero-order valence-electron chi connectivity index (χ0n) is 17.0.